The Bertz CT molecular complexity index is 972. The molecule has 0 fully saturated rings. The van der Waals surface area contributed by atoms with E-state index in [9.17, 15) is 18.0 Å². The highest BCUT2D eigenvalue weighted by atomic mass is 35.5. The zero-order chi connectivity index (χ0) is 18.2. The largest absolute Gasteiger partial charge is 0.279 e. The van der Waals surface area contributed by atoms with Crippen molar-refractivity contribution in [1.29, 1.82) is 0 Å². The topological polar surface area (TPSA) is 83.6 Å². The number of carbonyl (C=O) groups is 2. The van der Waals surface area contributed by atoms with Crippen LogP contribution in [0, 0.1) is 0 Å². The molecule has 8 heteroatoms. The van der Waals surface area contributed by atoms with E-state index in [-0.39, 0.29) is 33.3 Å². The summed E-state index contributed by atoms with van der Waals surface area (Å²) < 4.78 is 27.5. The Balaban J connectivity index is 2.02. The van der Waals surface area contributed by atoms with Crippen LogP contribution in [0.25, 0.3) is 0 Å². The number of hydrogen-bond acceptors (Lipinski definition) is 4. The quantitative estimate of drug-likeness (QED) is 0.810. The third-order valence-corrected chi connectivity index (χ3v) is 5.40. The zero-order valence-corrected chi connectivity index (χ0v) is 14.9. The fourth-order valence-corrected chi connectivity index (χ4v) is 4.06. The van der Waals surface area contributed by atoms with Gasteiger partial charge in [0.1, 0.15) is 0 Å². The summed E-state index contributed by atoms with van der Waals surface area (Å²) in [6.07, 6.45) is 0.620. The van der Waals surface area contributed by atoms with E-state index in [1.165, 1.54) is 36.4 Å². The molecule has 1 heterocycles. The van der Waals surface area contributed by atoms with Crippen molar-refractivity contribution in [2.75, 3.05) is 11.3 Å². The minimum Gasteiger partial charge on any atom is -0.279 e. The molecule has 1 aliphatic rings. The predicted octanol–water partition coefficient (Wildman–Crippen LogP) is 3.15. The number of nitrogens with zero attached hydrogens (tertiary/aromatic N) is 1. The number of rotatable bonds is 5. The average Bonchev–Trinajstić information content (AvgIpc) is 2.81. The third-order valence-electron chi connectivity index (χ3n) is 3.80. The molecule has 0 saturated carbocycles. The molecule has 130 valence electrons. The Morgan fingerprint density at radius 3 is 2.48 bits per heavy atom. The van der Waals surface area contributed by atoms with Gasteiger partial charge in [-0.05, 0) is 36.8 Å². The first kappa shape index (κ1) is 17.4. The van der Waals surface area contributed by atoms with Gasteiger partial charge in [-0.2, -0.15) is 0 Å². The fourth-order valence-electron chi connectivity index (χ4n) is 2.68. The summed E-state index contributed by atoms with van der Waals surface area (Å²) in [4.78, 5) is 26.0. The number of fused-ring (bicyclic) bond motifs is 1. The number of sulfonamides is 1. The van der Waals surface area contributed by atoms with Crippen LogP contribution in [0.3, 0.4) is 0 Å². The molecule has 0 aromatic heterocycles. The number of carbonyl (C=O) groups excluding carboxylic acids is 2. The maximum atomic E-state index is 12.6. The van der Waals surface area contributed by atoms with Crippen LogP contribution in [0.5, 0.6) is 0 Å². The van der Waals surface area contributed by atoms with Gasteiger partial charge in [-0.3, -0.25) is 19.2 Å². The van der Waals surface area contributed by atoms with Gasteiger partial charge in [0.05, 0.1) is 21.7 Å². The minimum absolute atomic E-state index is 0.0280. The first-order valence-electron chi connectivity index (χ1n) is 7.62. The van der Waals surface area contributed by atoms with Crippen LogP contribution >= 0.6 is 11.6 Å². The second-order valence-corrected chi connectivity index (χ2v) is 7.67. The molecule has 2 aromatic rings. The minimum atomic E-state index is -3.94. The van der Waals surface area contributed by atoms with Crippen molar-refractivity contribution in [3.8, 4) is 0 Å². The van der Waals surface area contributed by atoms with E-state index in [1.807, 2.05) is 6.92 Å². The monoisotopic (exact) mass is 378 g/mol. The highest BCUT2D eigenvalue weighted by Crippen LogP contribution is 2.31. The third kappa shape index (κ3) is 3.12. The van der Waals surface area contributed by atoms with Crippen LogP contribution in [-0.4, -0.2) is 31.7 Å². The second kappa shape index (κ2) is 6.50. The van der Waals surface area contributed by atoms with Crippen molar-refractivity contribution >= 4 is 39.1 Å². The fraction of sp³-hybridized carbons (Fsp3) is 0.176. The lowest BCUT2D eigenvalue weighted by molar-refractivity contribution is 0.0654. The van der Waals surface area contributed by atoms with Gasteiger partial charge in [0, 0.05) is 11.6 Å². The summed E-state index contributed by atoms with van der Waals surface area (Å²) in [6, 6.07) is 10.3. The van der Waals surface area contributed by atoms with Crippen molar-refractivity contribution in [3.05, 3.63) is 58.6 Å². The standard InChI is InChI=1S/C17H15ClN2O4S/c1-2-9-20-16(21)13-7-4-8-14(15(13)17(20)22)19-25(23,24)12-6-3-5-11(18)10-12/h3-8,10,19H,2,9H2,1H3. The molecule has 0 atom stereocenters. The Morgan fingerprint density at radius 1 is 1.08 bits per heavy atom. The van der Waals surface area contributed by atoms with E-state index in [0.717, 1.165) is 4.90 Å². The Morgan fingerprint density at radius 2 is 1.80 bits per heavy atom. The van der Waals surface area contributed by atoms with Gasteiger partial charge >= 0.3 is 0 Å². The summed E-state index contributed by atoms with van der Waals surface area (Å²) in [5.41, 5.74) is 0.353. The van der Waals surface area contributed by atoms with Crippen LogP contribution in [-0.2, 0) is 10.0 Å². The normalized spacial score (nSPS) is 13.9. The van der Waals surface area contributed by atoms with Crippen LogP contribution in [0.15, 0.2) is 47.4 Å². The first-order chi connectivity index (χ1) is 11.8. The number of hydrogen-bond donors (Lipinski definition) is 1. The Labute approximate surface area is 150 Å². The lowest BCUT2D eigenvalue weighted by Crippen LogP contribution is -2.30. The van der Waals surface area contributed by atoms with Gasteiger partial charge in [0.25, 0.3) is 21.8 Å². The molecule has 0 radical (unpaired) electrons. The van der Waals surface area contributed by atoms with Crippen LogP contribution in [0.1, 0.15) is 34.1 Å². The van der Waals surface area contributed by atoms with E-state index < -0.39 is 21.8 Å². The summed E-state index contributed by atoms with van der Waals surface area (Å²) in [5.74, 6) is -0.906. The number of anilines is 1. The van der Waals surface area contributed by atoms with E-state index in [4.69, 9.17) is 11.6 Å². The van der Waals surface area contributed by atoms with Gasteiger partial charge < -0.3 is 0 Å². The van der Waals surface area contributed by atoms with Crippen molar-refractivity contribution in [2.24, 2.45) is 0 Å². The molecule has 2 aromatic carbocycles. The van der Waals surface area contributed by atoms with Crippen LogP contribution in [0.2, 0.25) is 5.02 Å². The van der Waals surface area contributed by atoms with Crippen molar-refractivity contribution < 1.29 is 18.0 Å². The smallest absolute Gasteiger partial charge is 0.263 e. The molecule has 0 bridgehead atoms. The number of amides is 2. The SMILES string of the molecule is CCCN1C(=O)c2cccc(NS(=O)(=O)c3cccc(Cl)c3)c2C1=O. The lowest BCUT2D eigenvalue weighted by Gasteiger charge is -2.13. The molecule has 0 aliphatic carbocycles. The van der Waals surface area contributed by atoms with E-state index in [2.05, 4.69) is 4.72 Å². The summed E-state index contributed by atoms with van der Waals surface area (Å²) in [6.45, 7) is 2.14. The van der Waals surface area contributed by atoms with Crippen molar-refractivity contribution in [3.63, 3.8) is 0 Å². The number of imide groups is 1. The number of halogens is 1. The maximum Gasteiger partial charge on any atom is 0.263 e. The first-order valence-corrected chi connectivity index (χ1v) is 9.49. The van der Waals surface area contributed by atoms with Gasteiger partial charge in [-0.25, -0.2) is 8.42 Å². The molecule has 0 unspecified atom stereocenters. The highest BCUT2D eigenvalue weighted by Gasteiger charge is 2.37. The maximum absolute atomic E-state index is 12.6. The van der Waals surface area contributed by atoms with Crippen molar-refractivity contribution in [1.82, 2.24) is 4.90 Å². The highest BCUT2D eigenvalue weighted by molar-refractivity contribution is 7.92. The van der Waals surface area contributed by atoms with E-state index in [1.54, 1.807) is 6.07 Å². The molecule has 2 amide bonds. The predicted molar refractivity (Wildman–Crippen MR) is 94.4 cm³/mol. The molecule has 3 rings (SSSR count). The van der Waals surface area contributed by atoms with Gasteiger partial charge in [0.15, 0.2) is 0 Å². The van der Waals surface area contributed by atoms with Gasteiger partial charge in [-0.15, -0.1) is 0 Å². The Hall–Kier alpha value is -2.38. The molecule has 25 heavy (non-hydrogen) atoms. The molecular formula is C17H15ClN2O4S. The van der Waals surface area contributed by atoms with Crippen LogP contribution < -0.4 is 4.72 Å². The van der Waals surface area contributed by atoms with Gasteiger partial charge in [-0.1, -0.05) is 30.7 Å². The molecule has 1 N–H and O–H groups in total. The molecule has 0 spiro atoms. The number of benzene rings is 2. The molecular weight excluding hydrogens is 364 g/mol. The molecule has 1 aliphatic heterocycles. The van der Waals surface area contributed by atoms with Crippen molar-refractivity contribution in [2.45, 2.75) is 18.2 Å². The Kier molecular flexibility index (Phi) is 4.53. The lowest BCUT2D eigenvalue weighted by atomic mass is 10.1. The zero-order valence-electron chi connectivity index (χ0n) is 13.3. The second-order valence-electron chi connectivity index (χ2n) is 5.55. The van der Waals surface area contributed by atoms with Gasteiger partial charge in [0.2, 0.25) is 0 Å². The van der Waals surface area contributed by atoms with Crippen LogP contribution in [0.4, 0.5) is 5.69 Å². The summed E-state index contributed by atoms with van der Waals surface area (Å²) in [5, 5.41) is 0.279. The molecule has 0 saturated heterocycles. The number of nitrogens with one attached hydrogen (secondary N) is 1. The van der Waals surface area contributed by atoms with E-state index in [0.29, 0.717) is 6.42 Å². The average molecular weight is 379 g/mol. The summed E-state index contributed by atoms with van der Waals surface area (Å²) in [7, 11) is -3.94. The summed E-state index contributed by atoms with van der Waals surface area (Å²) >= 11 is 5.85. The van der Waals surface area contributed by atoms with E-state index >= 15 is 0 Å². The molecule has 6 nitrogen and oxygen atoms in total.